The molecule has 0 bridgehead atoms. The number of fused-ring (bicyclic) bond motifs is 1. The van der Waals surface area contributed by atoms with Crippen LogP contribution in [0.1, 0.15) is 20.7 Å². The second-order valence-corrected chi connectivity index (χ2v) is 6.83. The lowest BCUT2D eigenvalue weighted by Gasteiger charge is -2.13. The van der Waals surface area contributed by atoms with Gasteiger partial charge in [-0.15, -0.1) is 0 Å². The molecule has 1 N–H and O–H groups in total. The maximum atomic E-state index is 12.7. The first-order valence-electron chi connectivity index (χ1n) is 8.79. The Bertz CT molecular complexity index is 1250. The maximum absolute atomic E-state index is 12.7. The van der Waals surface area contributed by atoms with E-state index in [0.29, 0.717) is 5.56 Å². The minimum absolute atomic E-state index is 0.122. The minimum atomic E-state index is -1.42. The number of rotatable bonds is 4. The number of nitrogens with one attached hydrogen (secondary N) is 1. The number of nitrogens with zero attached hydrogens (tertiary/aromatic N) is 1. The number of aromatic carboxylic acids is 1. The molecule has 5 nitrogen and oxygen atoms in total. The summed E-state index contributed by atoms with van der Waals surface area (Å²) in [6.07, 6.45) is 1.73. The van der Waals surface area contributed by atoms with Gasteiger partial charge in [0, 0.05) is 33.3 Å². The van der Waals surface area contributed by atoms with Gasteiger partial charge in [0.25, 0.3) is 5.91 Å². The average molecular weight is 402 g/mol. The number of benzene rings is 3. The standard InChI is InChI=1S/C23H15ClN2O3/c24-17-9-10-20(19(13-17)23(28)29)26-22(27)16-6-1-5-15(12-16)18-8-2-4-14-7-3-11-25-21(14)18/h1-13H,(H,26,27)(H,28,29)/p-1. The third kappa shape index (κ3) is 3.81. The van der Waals surface area contributed by atoms with Crippen molar-refractivity contribution in [2.24, 2.45) is 0 Å². The Labute approximate surface area is 171 Å². The maximum Gasteiger partial charge on any atom is 0.255 e. The van der Waals surface area contributed by atoms with Gasteiger partial charge in [-0.1, -0.05) is 48.0 Å². The van der Waals surface area contributed by atoms with Gasteiger partial charge in [0.1, 0.15) is 0 Å². The quantitative estimate of drug-likeness (QED) is 0.556. The SMILES string of the molecule is O=C(Nc1ccc(Cl)cc1C(=O)[O-])c1cccc(-c2cccc3cccnc23)c1. The van der Waals surface area contributed by atoms with Crippen molar-refractivity contribution in [1.29, 1.82) is 0 Å². The number of hydrogen-bond donors (Lipinski definition) is 1. The summed E-state index contributed by atoms with van der Waals surface area (Å²) in [6.45, 7) is 0. The molecular formula is C23H14ClN2O3-. The van der Waals surface area contributed by atoms with Gasteiger partial charge in [-0.25, -0.2) is 0 Å². The Morgan fingerprint density at radius 1 is 0.931 bits per heavy atom. The molecule has 3 aromatic carbocycles. The highest BCUT2D eigenvalue weighted by molar-refractivity contribution is 6.31. The summed E-state index contributed by atoms with van der Waals surface area (Å²) in [5.41, 5.74) is 2.90. The fraction of sp³-hybridized carbons (Fsp3) is 0. The molecule has 0 spiro atoms. The van der Waals surface area contributed by atoms with Crippen molar-refractivity contribution in [3.63, 3.8) is 0 Å². The Balaban J connectivity index is 1.69. The summed E-state index contributed by atoms with van der Waals surface area (Å²) in [7, 11) is 0. The van der Waals surface area contributed by atoms with Crippen LogP contribution in [0.2, 0.25) is 5.02 Å². The smallest absolute Gasteiger partial charge is 0.255 e. The van der Waals surface area contributed by atoms with Gasteiger partial charge in [0.15, 0.2) is 0 Å². The lowest BCUT2D eigenvalue weighted by molar-refractivity contribution is -0.254. The van der Waals surface area contributed by atoms with Crippen LogP contribution in [0.25, 0.3) is 22.0 Å². The van der Waals surface area contributed by atoms with Gasteiger partial charge < -0.3 is 15.2 Å². The van der Waals surface area contributed by atoms with Crippen LogP contribution in [-0.4, -0.2) is 16.9 Å². The molecule has 0 unspecified atom stereocenters. The van der Waals surface area contributed by atoms with Crippen molar-refractivity contribution in [3.05, 3.63) is 95.1 Å². The molecule has 0 radical (unpaired) electrons. The van der Waals surface area contributed by atoms with Crippen molar-refractivity contribution in [2.45, 2.75) is 0 Å². The van der Waals surface area contributed by atoms with Crippen LogP contribution < -0.4 is 10.4 Å². The topological polar surface area (TPSA) is 82.1 Å². The molecular weight excluding hydrogens is 388 g/mol. The fourth-order valence-electron chi connectivity index (χ4n) is 3.15. The zero-order valence-corrected chi connectivity index (χ0v) is 15.8. The first kappa shape index (κ1) is 18.7. The van der Waals surface area contributed by atoms with Crippen molar-refractivity contribution < 1.29 is 14.7 Å². The van der Waals surface area contributed by atoms with Crippen molar-refractivity contribution in [3.8, 4) is 11.1 Å². The van der Waals surface area contributed by atoms with E-state index in [1.165, 1.54) is 18.2 Å². The number of carboxylic acids is 1. The number of anilines is 1. The van der Waals surface area contributed by atoms with E-state index in [1.54, 1.807) is 24.4 Å². The van der Waals surface area contributed by atoms with Gasteiger partial charge in [-0.2, -0.15) is 0 Å². The summed E-state index contributed by atoms with van der Waals surface area (Å²) in [4.78, 5) is 28.5. The van der Waals surface area contributed by atoms with E-state index < -0.39 is 11.9 Å². The van der Waals surface area contributed by atoms with Crippen LogP contribution in [0, 0.1) is 0 Å². The predicted molar refractivity (Wildman–Crippen MR) is 111 cm³/mol. The van der Waals surface area contributed by atoms with Gasteiger partial charge >= 0.3 is 0 Å². The molecule has 0 aliphatic heterocycles. The molecule has 6 heteroatoms. The Kier molecular flexibility index (Phi) is 4.97. The van der Waals surface area contributed by atoms with E-state index in [1.807, 2.05) is 36.4 Å². The van der Waals surface area contributed by atoms with Crippen LogP contribution in [-0.2, 0) is 0 Å². The Hall–Kier alpha value is -3.70. The van der Waals surface area contributed by atoms with E-state index in [-0.39, 0.29) is 16.3 Å². The molecule has 1 amide bonds. The first-order chi connectivity index (χ1) is 14.0. The number of carboxylic acid groups (broad SMARTS) is 1. The molecule has 142 valence electrons. The number of halogens is 1. The monoisotopic (exact) mass is 401 g/mol. The predicted octanol–water partition coefficient (Wildman–Crippen LogP) is 4.17. The summed E-state index contributed by atoms with van der Waals surface area (Å²) in [5, 5.41) is 15.2. The van der Waals surface area contributed by atoms with E-state index >= 15 is 0 Å². The van der Waals surface area contributed by atoms with Gasteiger partial charge in [-0.05, 0) is 42.0 Å². The summed E-state index contributed by atoms with van der Waals surface area (Å²) >= 11 is 5.84. The number of carbonyl (C=O) groups is 2. The first-order valence-corrected chi connectivity index (χ1v) is 9.17. The van der Waals surface area contributed by atoms with Crippen molar-refractivity contribution in [1.82, 2.24) is 4.98 Å². The molecule has 0 saturated carbocycles. The molecule has 29 heavy (non-hydrogen) atoms. The molecule has 4 rings (SSSR count). The zero-order chi connectivity index (χ0) is 20.4. The third-order valence-corrected chi connectivity index (χ3v) is 4.75. The molecule has 0 saturated heterocycles. The van der Waals surface area contributed by atoms with E-state index in [9.17, 15) is 14.7 Å². The highest BCUT2D eigenvalue weighted by Gasteiger charge is 2.12. The third-order valence-electron chi connectivity index (χ3n) is 4.52. The van der Waals surface area contributed by atoms with Gasteiger partial charge in [0.2, 0.25) is 0 Å². The molecule has 1 heterocycles. The van der Waals surface area contributed by atoms with Crippen LogP contribution in [0.15, 0.2) is 79.0 Å². The largest absolute Gasteiger partial charge is 0.545 e. The number of amides is 1. The number of pyridine rings is 1. The summed E-state index contributed by atoms with van der Waals surface area (Å²) < 4.78 is 0. The molecule has 1 aromatic heterocycles. The van der Waals surface area contributed by atoms with E-state index in [2.05, 4.69) is 10.3 Å². The van der Waals surface area contributed by atoms with Crippen LogP contribution in [0.3, 0.4) is 0 Å². The van der Waals surface area contributed by atoms with Crippen molar-refractivity contribution in [2.75, 3.05) is 5.32 Å². The van der Waals surface area contributed by atoms with Gasteiger partial charge in [0.05, 0.1) is 17.2 Å². The fourth-order valence-corrected chi connectivity index (χ4v) is 3.33. The summed E-state index contributed by atoms with van der Waals surface area (Å²) in [6, 6.07) is 21.0. The van der Waals surface area contributed by atoms with Crippen molar-refractivity contribution >= 4 is 40.1 Å². The normalized spacial score (nSPS) is 10.7. The minimum Gasteiger partial charge on any atom is -0.545 e. The summed E-state index contributed by atoms with van der Waals surface area (Å²) in [5.74, 6) is -1.86. The van der Waals surface area contributed by atoms with E-state index in [0.717, 1.165) is 22.0 Å². The molecule has 0 fully saturated rings. The van der Waals surface area contributed by atoms with Gasteiger partial charge in [-0.3, -0.25) is 9.78 Å². The number of para-hydroxylation sites is 1. The number of hydrogen-bond acceptors (Lipinski definition) is 4. The van der Waals surface area contributed by atoms with Crippen LogP contribution >= 0.6 is 11.6 Å². The number of aromatic nitrogens is 1. The highest BCUT2D eigenvalue weighted by atomic mass is 35.5. The number of carbonyl (C=O) groups excluding carboxylic acids is 2. The Morgan fingerprint density at radius 2 is 1.72 bits per heavy atom. The lowest BCUT2D eigenvalue weighted by atomic mass is 10.00. The second kappa shape index (κ2) is 7.73. The zero-order valence-electron chi connectivity index (χ0n) is 15.1. The molecule has 0 aliphatic rings. The average Bonchev–Trinajstić information content (AvgIpc) is 2.74. The molecule has 0 atom stereocenters. The van der Waals surface area contributed by atoms with E-state index in [4.69, 9.17) is 11.6 Å². The Morgan fingerprint density at radius 3 is 2.55 bits per heavy atom. The molecule has 0 aliphatic carbocycles. The second-order valence-electron chi connectivity index (χ2n) is 6.39. The van der Waals surface area contributed by atoms with Crippen LogP contribution in [0.4, 0.5) is 5.69 Å². The highest BCUT2D eigenvalue weighted by Crippen LogP contribution is 2.28. The van der Waals surface area contributed by atoms with Crippen LogP contribution in [0.5, 0.6) is 0 Å². The lowest BCUT2D eigenvalue weighted by Crippen LogP contribution is -2.25. The molecule has 4 aromatic rings.